The van der Waals surface area contributed by atoms with Crippen LogP contribution in [0.3, 0.4) is 0 Å². The Morgan fingerprint density at radius 1 is 1.35 bits per heavy atom. The minimum Gasteiger partial charge on any atom is -0.351 e. The van der Waals surface area contributed by atoms with Crippen LogP contribution < -0.4 is 10.6 Å². The van der Waals surface area contributed by atoms with Gasteiger partial charge < -0.3 is 10.6 Å². The number of hydrogen-bond donors (Lipinski definition) is 2. The number of sulfonamides is 1. The maximum absolute atomic E-state index is 12.8. The van der Waals surface area contributed by atoms with Crippen molar-refractivity contribution >= 4 is 27.3 Å². The van der Waals surface area contributed by atoms with E-state index in [1.54, 1.807) is 12.1 Å². The Balaban J connectivity index is 1.73. The molecule has 2 aliphatic rings. The summed E-state index contributed by atoms with van der Waals surface area (Å²) in [6.45, 7) is 4.04. The van der Waals surface area contributed by atoms with Gasteiger partial charge in [0.25, 0.3) is 10.0 Å². The molecule has 2 saturated heterocycles. The van der Waals surface area contributed by atoms with Crippen LogP contribution in [0, 0.1) is 6.92 Å². The fraction of sp³-hybridized carbons (Fsp3) is 0.667. The Hall–Kier alpha value is -0.960. The minimum atomic E-state index is -3.58. The van der Waals surface area contributed by atoms with Gasteiger partial charge in [0.2, 0.25) is 5.91 Å². The number of amides is 1. The summed E-state index contributed by atoms with van der Waals surface area (Å²) in [5.41, 5.74) is 0. The van der Waals surface area contributed by atoms with Crippen molar-refractivity contribution < 1.29 is 13.2 Å². The van der Waals surface area contributed by atoms with E-state index in [1.807, 2.05) is 6.92 Å². The van der Waals surface area contributed by atoms with E-state index < -0.39 is 16.1 Å². The maximum atomic E-state index is 12.8. The van der Waals surface area contributed by atoms with Crippen LogP contribution in [0.1, 0.15) is 30.6 Å². The predicted octanol–water partition coefficient (Wildman–Crippen LogP) is 1.08. The molecule has 0 aliphatic carbocycles. The van der Waals surface area contributed by atoms with E-state index in [9.17, 15) is 13.2 Å². The van der Waals surface area contributed by atoms with Crippen molar-refractivity contribution in [1.82, 2.24) is 14.9 Å². The topological polar surface area (TPSA) is 78.5 Å². The fourth-order valence-corrected chi connectivity index (χ4v) is 6.30. The van der Waals surface area contributed by atoms with Crippen molar-refractivity contribution in [3.63, 3.8) is 0 Å². The Morgan fingerprint density at radius 3 is 2.83 bits per heavy atom. The van der Waals surface area contributed by atoms with Crippen LogP contribution in [0.25, 0.3) is 0 Å². The Morgan fingerprint density at radius 2 is 2.17 bits per heavy atom. The van der Waals surface area contributed by atoms with Gasteiger partial charge in [-0.15, -0.1) is 11.3 Å². The molecule has 128 valence electrons. The fourth-order valence-electron chi connectivity index (χ4n) is 3.23. The number of aryl methyl sites for hydroxylation is 1. The van der Waals surface area contributed by atoms with Gasteiger partial charge in [-0.2, -0.15) is 4.31 Å². The summed E-state index contributed by atoms with van der Waals surface area (Å²) < 4.78 is 27.3. The molecule has 0 aromatic carbocycles. The Kier molecular flexibility index (Phi) is 5.05. The van der Waals surface area contributed by atoms with E-state index in [0.717, 1.165) is 37.2 Å². The lowest BCUT2D eigenvalue weighted by atomic mass is 10.1. The first kappa shape index (κ1) is 16.9. The number of carbonyl (C=O) groups excluding carboxylic acids is 1. The molecule has 2 atom stereocenters. The van der Waals surface area contributed by atoms with Gasteiger partial charge in [0.1, 0.15) is 10.3 Å². The summed E-state index contributed by atoms with van der Waals surface area (Å²) in [6, 6.07) is 2.96. The monoisotopic (exact) mass is 357 g/mol. The molecule has 23 heavy (non-hydrogen) atoms. The highest BCUT2D eigenvalue weighted by Gasteiger charge is 2.40. The van der Waals surface area contributed by atoms with Crippen LogP contribution in [0.5, 0.6) is 0 Å². The molecule has 2 aliphatic heterocycles. The van der Waals surface area contributed by atoms with Gasteiger partial charge in [0.15, 0.2) is 0 Å². The highest BCUT2D eigenvalue weighted by molar-refractivity contribution is 7.91. The van der Waals surface area contributed by atoms with E-state index >= 15 is 0 Å². The molecule has 6 nitrogen and oxygen atoms in total. The Bertz CT molecular complexity index is 665. The average Bonchev–Trinajstić information content (AvgIpc) is 3.17. The molecule has 1 amide bonds. The van der Waals surface area contributed by atoms with Crippen molar-refractivity contribution in [2.24, 2.45) is 0 Å². The van der Waals surface area contributed by atoms with Crippen LogP contribution in [-0.2, 0) is 14.8 Å². The van der Waals surface area contributed by atoms with Crippen LogP contribution in [0.4, 0.5) is 0 Å². The molecular weight excluding hydrogens is 334 g/mol. The molecule has 0 spiro atoms. The standard InChI is InChI=1S/C15H23N3O3S2/c1-11-6-7-14(22-11)23(20,21)18-9-3-5-13(18)15(19)17-12-4-2-8-16-10-12/h6-7,12-13,16H,2-5,8-10H2,1H3,(H,17,19)/t12-,13?/m0/s1. The summed E-state index contributed by atoms with van der Waals surface area (Å²) in [4.78, 5) is 13.5. The largest absolute Gasteiger partial charge is 0.351 e. The van der Waals surface area contributed by atoms with Gasteiger partial charge >= 0.3 is 0 Å². The molecule has 1 aromatic heterocycles. The average molecular weight is 358 g/mol. The summed E-state index contributed by atoms with van der Waals surface area (Å²) in [5, 5.41) is 6.27. The second-order valence-electron chi connectivity index (χ2n) is 6.19. The number of carbonyl (C=O) groups is 1. The highest BCUT2D eigenvalue weighted by Crippen LogP contribution is 2.30. The van der Waals surface area contributed by atoms with Gasteiger partial charge in [0.05, 0.1) is 0 Å². The lowest BCUT2D eigenvalue weighted by molar-refractivity contribution is -0.125. The minimum absolute atomic E-state index is 0.102. The van der Waals surface area contributed by atoms with E-state index in [2.05, 4.69) is 10.6 Å². The van der Waals surface area contributed by atoms with Crippen LogP contribution in [0.2, 0.25) is 0 Å². The number of nitrogens with one attached hydrogen (secondary N) is 2. The van der Waals surface area contributed by atoms with Crippen molar-refractivity contribution in [3.05, 3.63) is 17.0 Å². The first-order chi connectivity index (χ1) is 11.0. The molecule has 0 saturated carbocycles. The highest BCUT2D eigenvalue weighted by atomic mass is 32.2. The van der Waals surface area contributed by atoms with Gasteiger partial charge in [-0.1, -0.05) is 0 Å². The Labute approximate surface area is 141 Å². The number of piperidine rings is 1. The third-order valence-corrected chi connectivity index (χ3v) is 7.80. The van der Waals surface area contributed by atoms with Gasteiger partial charge in [-0.25, -0.2) is 8.42 Å². The second-order valence-corrected chi connectivity index (χ2v) is 9.60. The summed E-state index contributed by atoms with van der Waals surface area (Å²) in [7, 11) is -3.58. The number of rotatable bonds is 4. The van der Waals surface area contributed by atoms with Gasteiger partial charge in [-0.05, 0) is 51.3 Å². The van der Waals surface area contributed by atoms with Crippen molar-refractivity contribution in [1.29, 1.82) is 0 Å². The molecule has 2 N–H and O–H groups in total. The van der Waals surface area contributed by atoms with Crippen molar-refractivity contribution in [2.45, 2.75) is 48.9 Å². The van der Waals surface area contributed by atoms with Crippen molar-refractivity contribution in [2.75, 3.05) is 19.6 Å². The molecule has 2 fully saturated rings. The molecule has 0 bridgehead atoms. The molecule has 8 heteroatoms. The SMILES string of the molecule is Cc1ccc(S(=O)(=O)N2CCCC2C(=O)N[C@H]2CCCNC2)s1. The molecule has 3 rings (SSSR count). The van der Waals surface area contributed by atoms with Gasteiger partial charge in [0, 0.05) is 24.0 Å². The zero-order valence-electron chi connectivity index (χ0n) is 13.2. The lowest BCUT2D eigenvalue weighted by Crippen LogP contribution is -2.52. The van der Waals surface area contributed by atoms with Gasteiger partial charge in [-0.3, -0.25) is 4.79 Å². The summed E-state index contributed by atoms with van der Waals surface area (Å²) in [5.74, 6) is -0.159. The first-order valence-electron chi connectivity index (χ1n) is 8.08. The van der Waals surface area contributed by atoms with E-state index in [4.69, 9.17) is 0 Å². The summed E-state index contributed by atoms with van der Waals surface area (Å²) in [6.07, 6.45) is 3.30. The maximum Gasteiger partial charge on any atom is 0.253 e. The van der Waals surface area contributed by atoms with Crippen molar-refractivity contribution in [3.8, 4) is 0 Å². The number of nitrogens with zero attached hydrogens (tertiary/aromatic N) is 1. The molecule has 1 unspecified atom stereocenters. The molecule has 3 heterocycles. The quantitative estimate of drug-likeness (QED) is 0.845. The van der Waals surface area contributed by atoms with Crippen LogP contribution >= 0.6 is 11.3 Å². The predicted molar refractivity (Wildman–Crippen MR) is 90.0 cm³/mol. The van der Waals surface area contributed by atoms with E-state index in [0.29, 0.717) is 17.2 Å². The van der Waals surface area contributed by atoms with E-state index in [1.165, 1.54) is 15.6 Å². The molecular formula is C15H23N3O3S2. The third kappa shape index (κ3) is 3.60. The second kappa shape index (κ2) is 6.88. The first-order valence-corrected chi connectivity index (χ1v) is 10.3. The third-order valence-electron chi connectivity index (χ3n) is 4.43. The zero-order chi connectivity index (χ0) is 16.4. The van der Waals surface area contributed by atoms with Crippen LogP contribution in [0.15, 0.2) is 16.3 Å². The molecule has 1 aromatic rings. The normalized spacial score (nSPS) is 26.3. The lowest BCUT2D eigenvalue weighted by Gasteiger charge is -2.28. The smallest absolute Gasteiger partial charge is 0.253 e. The van der Waals surface area contributed by atoms with E-state index in [-0.39, 0.29) is 11.9 Å². The number of hydrogen-bond acceptors (Lipinski definition) is 5. The molecule has 0 radical (unpaired) electrons. The van der Waals surface area contributed by atoms with Crippen LogP contribution in [-0.4, -0.2) is 50.3 Å². The number of thiophene rings is 1. The summed E-state index contributed by atoms with van der Waals surface area (Å²) >= 11 is 1.26. The zero-order valence-corrected chi connectivity index (χ0v) is 14.9.